The molecule has 1 nitrogen and oxygen atoms in total. The minimum Gasteiger partial charge on any atom is -0.327 e. The van der Waals surface area contributed by atoms with Crippen LogP contribution in [0.15, 0.2) is 12.1 Å². The van der Waals surface area contributed by atoms with E-state index in [1.54, 1.807) is 13.0 Å². The Hall–Kier alpha value is -0.600. The predicted molar refractivity (Wildman–Crippen MR) is 60.7 cm³/mol. The SMILES string of the molecule is Cc1cc(F)c(C2(C(C)N)CC2)cc1Cl. The molecular weight excluding hydrogens is 213 g/mol. The van der Waals surface area contributed by atoms with Crippen LogP contribution in [-0.2, 0) is 5.41 Å². The lowest BCUT2D eigenvalue weighted by atomic mass is 9.88. The molecule has 82 valence electrons. The summed E-state index contributed by atoms with van der Waals surface area (Å²) in [4.78, 5) is 0. The third kappa shape index (κ3) is 1.66. The van der Waals surface area contributed by atoms with Gasteiger partial charge >= 0.3 is 0 Å². The van der Waals surface area contributed by atoms with Crippen molar-refractivity contribution in [3.8, 4) is 0 Å². The van der Waals surface area contributed by atoms with Crippen molar-refractivity contribution >= 4 is 11.6 Å². The third-order valence-electron chi connectivity index (χ3n) is 3.45. The molecular formula is C12H15ClFN. The number of aryl methyl sites for hydroxylation is 1. The topological polar surface area (TPSA) is 26.0 Å². The molecule has 1 unspecified atom stereocenters. The summed E-state index contributed by atoms with van der Waals surface area (Å²) in [5, 5.41) is 0.623. The standard InChI is InChI=1S/C12H15ClFN/c1-7-5-11(14)9(6-10(7)13)12(3-4-12)8(2)15/h5-6,8H,3-4,15H2,1-2H3. The van der Waals surface area contributed by atoms with Crippen LogP contribution in [0.5, 0.6) is 0 Å². The van der Waals surface area contributed by atoms with Crippen molar-refractivity contribution in [1.82, 2.24) is 0 Å². The smallest absolute Gasteiger partial charge is 0.127 e. The highest BCUT2D eigenvalue weighted by atomic mass is 35.5. The molecule has 0 heterocycles. The highest BCUT2D eigenvalue weighted by Crippen LogP contribution is 2.51. The summed E-state index contributed by atoms with van der Waals surface area (Å²) in [5.41, 5.74) is 7.21. The highest BCUT2D eigenvalue weighted by Gasteiger charge is 2.49. The highest BCUT2D eigenvalue weighted by molar-refractivity contribution is 6.31. The zero-order valence-corrected chi connectivity index (χ0v) is 9.74. The lowest BCUT2D eigenvalue weighted by Gasteiger charge is -2.21. The third-order valence-corrected chi connectivity index (χ3v) is 3.85. The maximum atomic E-state index is 13.8. The molecule has 1 aromatic carbocycles. The largest absolute Gasteiger partial charge is 0.327 e. The molecule has 3 heteroatoms. The number of nitrogens with two attached hydrogens (primary N) is 1. The van der Waals surface area contributed by atoms with E-state index >= 15 is 0 Å². The van der Waals surface area contributed by atoms with Crippen LogP contribution in [0.3, 0.4) is 0 Å². The van der Waals surface area contributed by atoms with Crippen molar-refractivity contribution in [2.45, 2.75) is 38.1 Å². The van der Waals surface area contributed by atoms with E-state index in [0.29, 0.717) is 10.6 Å². The molecule has 1 atom stereocenters. The molecule has 0 radical (unpaired) electrons. The lowest BCUT2D eigenvalue weighted by Crippen LogP contribution is -2.32. The van der Waals surface area contributed by atoms with Crippen LogP contribution in [0, 0.1) is 12.7 Å². The van der Waals surface area contributed by atoms with Crippen molar-refractivity contribution in [2.24, 2.45) is 5.73 Å². The molecule has 1 saturated carbocycles. The fourth-order valence-electron chi connectivity index (χ4n) is 2.13. The zero-order chi connectivity index (χ0) is 11.2. The van der Waals surface area contributed by atoms with Crippen LogP contribution in [0.2, 0.25) is 5.02 Å². The van der Waals surface area contributed by atoms with Crippen molar-refractivity contribution in [3.63, 3.8) is 0 Å². The van der Waals surface area contributed by atoms with Gasteiger partial charge in [-0.2, -0.15) is 0 Å². The minimum absolute atomic E-state index is 0.0224. The summed E-state index contributed by atoms with van der Waals surface area (Å²) in [6, 6.07) is 3.22. The molecule has 0 aromatic heterocycles. The van der Waals surface area contributed by atoms with Crippen molar-refractivity contribution in [2.75, 3.05) is 0 Å². The van der Waals surface area contributed by atoms with Crippen molar-refractivity contribution in [3.05, 3.63) is 34.1 Å². The van der Waals surface area contributed by atoms with Gasteiger partial charge in [-0.1, -0.05) is 11.6 Å². The number of benzene rings is 1. The molecule has 0 saturated heterocycles. The van der Waals surface area contributed by atoms with E-state index in [0.717, 1.165) is 18.4 Å². The average molecular weight is 228 g/mol. The fraction of sp³-hybridized carbons (Fsp3) is 0.500. The van der Waals surface area contributed by atoms with Gasteiger partial charge in [-0.05, 0) is 49.9 Å². The molecule has 1 aromatic rings. The summed E-state index contributed by atoms with van der Waals surface area (Å²) in [5.74, 6) is -0.174. The van der Waals surface area contributed by atoms with Gasteiger partial charge in [0.2, 0.25) is 0 Å². The van der Waals surface area contributed by atoms with Crippen LogP contribution < -0.4 is 5.73 Å². The van der Waals surface area contributed by atoms with Gasteiger partial charge < -0.3 is 5.73 Å². The van der Waals surface area contributed by atoms with E-state index in [1.165, 1.54) is 6.07 Å². The van der Waals surface area contributed by atoms with Gasteiger partial charge in [0.1, 0.15) is 5.82 Å². The first kappa shape index (κ1) is 10.9. The van der Waals surface area contributed by atoms with Crippen LogP contribution in [-0.4, -0.2) is 6.04 Å². The molecule has 1 aliphatic rings. The Balaban J connectivity index is 2.49. The number of halogens is 2. The lowest BCUT2D eigenvalue weighted by molar-refractivity contribution is 0.511. The Morgan fingerprint density at radius 3 is 2.53 bits per heavy atom. The minimum atomic E-state index is -0.174. The van der Waals surface area contributed by atoms with Gasteiger partial charge in [0.15, 0.2) is 0 Å². The number of hydrogen-bond acceptors (Lipinski definition) is 1. The Morgan fingerprint density at radius 2 is 2.07 bits per heavy atom. The maximum Gasteiger partial charge on any atom is 0.127 e. The molecule has 0 spiro atoms. The molecule has 0 amide bonds. The van der Waals surface area contributed by atoms with E-state index in [4.69, 9.17) is 17.3 Å². The van der Waals surface area contributed by atoms with Gasteiger partial charge in [-0.15, -0.1) is 0 Å². The molecule has 15 heavy (non-hydrogen) atoms. The van der Waals surface area contributed by atoms with E-state index < -0.39 is 0 Å². The fourth-order valence-corrected chi connectivity index (χ4v) is 2.30. The Morgan fingerprint density at radius 1 is 1.47 bits per heavy atom. The molecule has 0 aliphatic heterocycles. The second-order valence-corrected chi connectivity index (χ2v) is 4.93. The van der Waals surface area contributed by atoms with Gasteiger partial charge in [0.05, 0.1) is 0 Å². The summed E-state index contributed by atoms with van der Waals surface area (Å²) in [7, 11) is 0. The van der Waals surface area contributed by atoms with Crippen LogP contribution in [0.25, 0.3) is 0 Å². The van der Waals surface area contributed by atoms with Gasteiger partial charge in [-0.25, -0.2) is 4.39 Å². The first-order chi connectivity index (χ1) is 6.97. The van der Waals surface area contributed by atoms with Crippen molar-refractivity contribution < 1.29 is 4.39 Å². The number of hydrogen-bond donors (Lipinski definition) is 1. The first-order valence-corrected chi connectivity index (χ1v) is 5.57. The molecule has 2 N–H and O–H groups in total. The first-order valence-electron chi connectivity index (χ1n) is 5.19. The Bertz CT molecular complexity index is 397. The summed E-state index contributed by atoms with van der Waals surface area (Å²) < 4.78 is 13.8. The van der Waals surface area contributed by atoms with E-state index in [1.807, 2.05) is 6.92 Å². The van der Waals surface area contributed by atoms with E-state index in [-0.39, 0.29) is 17.3 Å². The average Bonchev–Trinajstić information content (AvgIpc) is 2.92. The van der Waals surface area contributed by atoms with Crippen molar-refractivity contribution in [1.29, 1.82) is 0 Å². The van der Waals surface area contributed by atoms with Crippen LogP contribution in [0.4, 0.5) is 4.39 Å². The van der Waals surface area contributed by atoms with Crippen LogP contribution >= 0.6 is 11.6 Å². The predicted octanol–water partition coefficient (Wildman–Crippen LogP) is 3.17. The molecule has 1 fully saturated rings. The van der Waals surface area contributed by atoms with E-state index in [9.17, 15) is 4.39 Å². The second kappa shape index (κ2) is 3.46. The summed E-state index contributed by atoms with van der Waals surface area (Å²) in [6.07, 6.45) is 1.92. The number of rotatable bonds is 2. The quantitative estimate of drug-likeness (QED) is 0.825. The van der Waals surface area contributed by atoms with E-state index in [2.05, 4.69) is 0 Å². The molecule has 0 bridgehead atoms. The Kier molecular flexibility index (Phi) is 2.52. The molecule has 1 aliphatic carbocycles. The van der Waals surface area contributed by atoms with Crippen LogP contribution in [0.1, 0.15) is 30.9 Å². The summed E-state index contributed by atoms with van der Waals surface area (Å²) >= 11 is 6.02. The zero-order valence-electron chi connectivity index (χ0n) is 8.98. The van der Waals surface area contributed by atoms with Gasteiger partial charge in [-0.3, -0.25) is 0 Å². The Labute approximate surface area is 94.4 Å². The van der Waals surface area contributed by atoms with Gasteiger partial charge in [0.25, 0.3) is 0 Å². The normalized spacial score (nSPS) is 20.1. The monoisotopic (exact) mass is 227 g/mol. The summed E-state index contributed by atoms with van der Waals surface area (Å²) in [6.45, 7) is 3.74. The maximum absolute atomic E-state index is 13.8. The molecule has 2 rings (SSSR count). The van der Waals surface area contributed by atoms with Gasteiger partial charge in [0, 0.05) is 16.5 Å². The second-order valence-electron chi connectivity index (χ2n) is 4.53.